The molecule has 1 aliphatic heterocycles. The zero-order chi connectivity index (χ0) is 46.8. The molecule has 70 heavy (non-hydrogen) atoms. The molecule has 11 aromatic carbocycles. The van der Waals surface area contributed by atoms with E-state index in [1.165, 1.54) is 112 Å². The molecule has 1 unspecified atom stereocenters. The van der Waals surface area contributed by atoms with Crippen molar-refractivity contribution in [3.63, 3.8) is 0 Å². The van der Waals surface area contributed by atoms with E-state index in [2.05, 4.69) is 238 Å². The number of hydrogen-bond acceptors (Lipinski definition) is 4. The fourth-order valence-electron chi connectivity index (χ4n) is 11.7. The molecule has 0 N–H and O–H groups in total. The van der Waals surface area contributed by atoms with Gasteiger partial charge in [-0.15, -0.1) is 22.7 Å². The van der Waals surface area contributed by atoms with Crippen LogP contribution in [0.1, 0.15) is 54.5 Å². The Labute approximate surface area is 416 Å². The minimum atomic E-state index is 0.0150. The first kappa shape index (κ1) is 41.5. The highest BCUT2D eigenvalue weighted by Gasteiger charge is 2.28. The number of nitrogens with zero attached hydrogens (tertiary/aromatic N) is 2. The molecule has 3 heterocycles. The van der Waals surface area contributed by atoms with Crippen LogP contribution in [-0.2, 0) is 18.3 Å². The van der Waals surface area contributed by atoms with Crippen LogP contribution in [0.5, 0.6) is 0 Å². The summed E-state index contributed by atoms with van der Waals surface area (Å²) in [6.07, 6.45) is 1.76. The number of fused-ring (bicyclic) bond motifs is 14. The Bertz CT molecular complexity index is 4190. The third kappa shape index (κ3) is 6.57. The average Bonchev–Trinajstić information content (AvgIpc) is 3.96. The largest absolute Gasteiger partial charge is 0.310 e. The van der Waals surface area contributed by atoms with Gasteiger partial charge in [-0.05, 0) is 147 Å². The topological polar surface area (TPSA) is 6.48 Å². The standard InChI is InChI=1S/C66H50N2S2/c1-40-25-29-47(30-26-40)67-48-14-9-13-41(34-48)33-44(52-19-11-20-55-53-17-5-7-23-60(53)69-64(52)55)35-45-38-59(57-32-28-43-37-46(66(2,3)4)36-42-27-31-51(45)63(57)62(42)43)68(50-16-10-15-49(67)39-50)58-22-12-21-56-54-18-6-8-24-61(54)70-65(56)58/h5-32,34,36-39,44H,33,35H2,1-4H3. The summed E-state index contributed by atoms with van der Waals surface area (Å²) in [5.41, 5.74) is 13.7. The van der Waals surface area contributed by atoms with E-state index < -0.39 is 0 Å². The number of thiophene rings is 2. The van der Waals surface area contributed by atoms with Gasteiger partial charge in [0.15, 0.2) is 0 Å². The van der Waals surface area contributed by atoms with Crippen LogP contribution in [0.2, 0.25) is 0 Å². The van der Waals surface area contributed by atoms with E-state index in [1.54, 1.807) is 0 Å². The molecule has 0 aliphatic carbocycles. The summed E-state index contributed by atoms with van der Waals surface area (Å²) in [4.78, 5) is 5.06. The second-order valence-corrected chi connectivity index (χ2v) is 22.7. The van der Waals surface area contributed by atoms with Crippen LogP contribution in [-0.4, -0.2) is 0 Å². The minimum Gasteiger partial charge on any atom is -0.310 e. The van der Waals surface area contributed by atoms with E-state index in [1.807, 2.05) is 22.7 Å². The lowest BCUT2D eigenvalue weighted by molar-refractivity contribution is 0.591. The molecule has 0 radical (unpaired) electrons. The molecule has 2 nitrogen and oxygen atoms in total. The maximum atomic E-state index is 2.61. The summed E-state index contributed by atoms with van der Waals surface area (Å²) in [6.45, 7) is 9.17. The quantitative estimate of drug-likeness (QED) is 0.163. The Balaban J connectivity index is 1.12. The van der Waals surface area contributed by atoms with E-state index in [4.69, 9.17) is 0 Å². The molecule has 13 aromatic rings. The first-order valence-electron chi connectivity index (χ1n) is 24.6. The highest BCUT2D eigenvalue weighted by molar-refractivity contribution is 7.26. The van der Waals surface area contributed by atoms with Gasteiger partial charge in [0.05, 0.1) is 16.1 Å². The Morgan fingerprint density at radius 3 is 1.76 bits per heavy atom. The average molecular weight is 935 g/mol. The first-order chi connectivity index (χ1) is 34.2. The SMILES string of the molecule is Cc1ccc(N2c3cccc(c3)CC(c3cccc4c3sc3ccccc34)Cc3cc(c4ccc5cc(C(C)(C)C)cc6ccc3c4c65)N(c3cccc4c3sc3ccccc34)c3cccc2c3)cc1. The summed E-state index contributed by atoms with van der Waals surface area (Å²) in [6, 6.07) is 76.7. The number of anilines is 6. The van der Waals surface area contributed by atoms with Crippen LogP contribution in [0.15, 0.2) is 200 Å². The van der Waals surface area contributed by atoms with Crippen LogP contribution in [0, 0.1) is 6.92 Å². The van der Waals surface area contributed by atoms with Gasteiger partial charge in [0.2, 0.25) is 0 Å². The maximum absolute atomic E-state index is 2.61. The molecule has 2 aromatic heterocycles. The zero-order valence-corrected chi connectivity index (χ0v) is 41.4. The van der Waals surface area contributed by atoms with Gasteiger partial charge in [-0.1, -0.05) is 160 Å². The van der Waals surface area contributed by atoms with Crippen molar-refractivity contribution < 1.29 is 0 Å². The lowest BCUT2D eigenvalue weighted by Crippen LogP contribution is -2.16. The molecule has 0 saturated carbocycles. The van der Waals surface area contributed by atoms with Crippen LogP contribution in [0.4, 0.5) is 34.1 Å². The third-order valence-electron chi connectivity index (χ3n) is 15.1. The van der Waals surface area contributed by atoms with Crippen LogP contribution in [0.25, 0.3) is 72.7 Å². The molecule has 0 amide bonds. The molecule has 14 rings (SSSR count). The summed E-state index contributed by atoms with van der Waals surface area (Å²) in [7, 11) is 0. The van der Waals surface area contributed by atoms with E-state index in [-0.39, 0.29) is 11.3 Å². The highest BCUT2D eigenvalue weighted by atomic mass is 32.1. The molecule has 336 valence electrons. The Morgan fingerprint density at radius 2 is 1.03 bits per heavy atom. The fourth-order valence-corrected chi connectivity index (χ4v) is 14.2. The molecule has 1 atom stereocenters. The Hall–Kier alpha value is -7.50. The van der Waals surface area contributed by atoms with Gasteiger partial charge in [-0.3, -0.25) is 0 Å². The molecule has 6 bridgehead atoms. The zero-order valence-electron chi connectivity index (χ0n) is 39.8. The van der Waals surface area contributed by atoms with Crippen LogP contribution >= 0.6 is 22.7 Å². The van der Waals surface area contributed by atoms with Crippen molar-refractivity contribution in [2.75, 3.05) is 9.80 Å². The molecule has 4 heteroatoms. The van der Waals surface area contributed by atoms with Crippen molar-refractivity contribution in [1.82, 2.24) is 0 Å². The lowest BCUT2D eigenvalue weighted by Gasteiger charge is -2.32. The fraction of sp³-hybridized carbons (Fsp3) is 0.121. The molecular weight excluding hydrogens is 885 g/mol. The molecular formula is C66H50N2S2. The summed E-state index contributed by atoms with van der Waals surface area (Å²) in [5.74, 6) is 0.180. The van der Waals surface area contributed by atoms with Crippen molar-refractivity contribution in [2.45, 2.75) is 51.9 Å². The van der Waals surface area contributed by atoms with E-state index in [9.17, 15) is 0 Å². The summed E-state index contributed by atoms with van der Waals surface area (Å²) >= 11 is 3.85. The van der Waals surface area contributed by atoms with Gasteiger partial charge in [0.25, 0.3) is 0 Å². The number of rotatable bonds is 3. The number of benzene rings is 11. The van der Waals surface area contributed by atoms with Gasteiger partial charge in [0, 0.05) is 63.8 Å². The van der Waals surface area contributed by atoms with Gasteiger partial charge < -0.3 is 9.80 Å². The molecule has 1 aliphatic rings. The molecule has 0 spiro atoms. The smallest absolute Gasteiger partial charge is 0.0640 e. The predicted octanol–water partition coefficient (Wildman–Crippen LogP) is 19.7. The first-order valence-corrected chi connectivity index (χ1v) is 26.3. The second-order valence-electron chi connectivity index (χ2n) is 20.6. The van der Waals surface area contributed by atoms with Crippen molar-refractivity contribution in [1.29, 1.82) is 0 Å². The number of hydrogen-bond donors (Lipinski definition) is 0. The van der Waals surface area contributed by atoms with Crippen molar-refractivity contribution in [2.24, 2.45) is 0 Å². The predicted molar refractivity (Wildman–Crippen MR) is 305 cm³/mol. The summed E-state index contributed by atoms with van der Waals surface area (Å²) < 4.78 is 5.33. The van der Waals surface area contributed by atoms with Crippen molar-refractivity contribution >= 4 is 129 Å². The lowest BCUT2D eigenvalue weighted by atomic mass is 9.81. The van der Waals surface area contributed by atoms with E-state index in [0.717, 1.165) is 35.6 Å². The van der Waals surface area contributed by atoms with Gasteiger partial charge in [0.1, 0.15) is 0 Å². The Morgan fingerprint density at radius 1 is 0.429 bits per heavy atom. The summed E-state index contributed by atoms with van der Waals surface area (Å²) in [5, 5.41) is 13.2. The van der Waals surface area contributed by atoms with E-state index >= 15 is 0 Å². The van der Waals surface area contributed by atoms with Crippen LogP contribution < -0.4 is 9.80 Å². The monoisotopic (exact) mass is 934 g/mol. The maximum Gasteiger partial charge on any atom is 0.0640 e. The van der Waals surface area contributed by atoms with Gasteiger partial charge >= 0.3 is 0 Å². The van der Waals surface area contributed by atoms with Gasteiger partial charge in [-0.25, -0.2) is 0 Å². The van der Waals surface area contributed by atoms with Crippen LogP contribution in [0.3, 0.4) is 0 Å². The Kier molecular flexibility index (Phi) is 9.34. The normalized spacial score (nSPS) is 14.5. The minimum absolute atomic E-state index is 0.0150. The molecule has 0 fully saturated rings. The van der Waals surface area contributed by atoms with Crippen molar-refractivity contribution in [3.05, 3.63) is 228 Å². The van der Waals surface area contributed by atoms with Gasteiger partial charge in [-0.2, -0.15) is 0 Å². The van der Waals surface area contributed by atoms with Crippen molar-refractivity contribution in [3.8, 4) is 0 Å². The van der Waals surface area contributed by atoms with E-state index in [0.29, 0.717) is 0 Å². The number of aryl methyl sites for hydroxylation is 1. The second kappa shape index (κ2) is 15.8. The highest BCUT2D eigenvalue weighted by Crippen LogP contribution is 2.52. The molecule has 0 saturated heterocycles. The third-order valence-corrected chi connectivity index (χ3v) is 17.6.